The minimum absolute atomic E-state index is 0.0284. The Kier molecular flexibility index (Phi) is 4.48. The number of carboxylic acid groups (broad SMARTS) is 1. The van der Waals surface area contributed by atoms with Crippen LogP contribution in [0.2, 0.25) is 0 Å². The van der Waals surface area contributed by atoms with E-state index in [9.17, 15) is 14.9 Å². The maximum absolute atomic E-state index is 10.8. The summed E-state index contributed by atoms with van der Waals surface area (Å²) in [7, 11) is 0. The van der Waals surface area contributed by atoms with Gasteiger partial charge in [0, 0.05) is 0 Å². The van der Waals surface area contributed by atoms with Gasteiger partial charge < -0.3 is 0 Å². The van der Waals surface area contributed by atoms with Crippen LogP contribution in [0, 0.1) is 10.1 Å². The van der Waals surface area contributed by atoms with Gasteiger partial charge in [-0.05, 0) is 0 Å². The van der Waals surface area contributed by atoms with Gasteiger partial charge in [-0.1, -0.05) is 0 Å². The SMILES string of the molecule is O=C(O)[C@H](CO)[NH][Sb][c]1ccc([N+](=O)[O-])c2nonc12. The van der Waals surface area contributed by atoms with Gasteiger partial charge in [-0.2, -0.15) is 0 Å². The van der Waals surface area contributed by atoms with E-state index in [1.807, 2.05) is 0 Å². The van der Waals surface area contributed by atoms with Gasteiger partial charge in [0.15, 0.2) is 0 Å². The molecule has 20 heavy (non-hydrogen) atoms. The number of rotatable bonds is 6. The number of hydrogen-bond acceptors (Lipinski definition) is 8. The molecule has 0 saturated carbocycles. The Morgan fingerprint density at radius 2 is 2.20 bits per heavy atom. The average molecular weight is 390 g/mol. The maximum atomic E-state index is 10.8. The molecule has 0 spiro atoms. The number of non-ortho nitro benzene ring substituents is 1. The van der Waals surface area contributed by atoms with E-state index >= 15 is 0 Å². The van der Waals surface area contributed by atoms with Crippen molar-refractivity contribution in [2.24, 2.45) is 0 Å². The number of aliphatic hydroxyl groups is 1. The molecule has 0 aliphatic heterocycles. The van der Waals surface area contributed by atoms with E-state index in [2.05, 4.69) is 18.4 Å². The molecule has 105 valence electrons. The molecule has 0 unspecified atom stereocenters. The van der Waals surface area contributed by atoms with Crippen LogP contribution < -0.4 is 6.99 Å². The molecule has 2 rings (SSSR count). The van der Waals surface area contributed by atoms with E-state index in [0.717, 1.165) is 0 Å². The molecular formula is C9H8N4O6Sb. The van der Waals surface area contributed by atoms with Crippen LogP contribution in [-0.4, -0.2) is 66.0 Å². The van der Waals surface area contributed by atoms with E-state index in [1.54, 1.807) is 0 Å². The normalized spacial score (nSPS) is 12.4. The summed E-state index contributed by atoms with van der Waals surface area (Å²) in [6.07, 6.45) is 0. The number of nitro benzene ring substituents is 1. The molecule has 3 N–H and O–H groups in total. The van der Waals surface area contributed by atoms with Crippen LogP contribution in [0.15, 0.2) is 16.8 Å². The van der Waals surface area contributed by atoms with Crippen molar-refractivity contribution in [3.8, 4) is 0 Å². The molecule has 1 aromatic carbocycles. The van der Waals surface area contributed by atoms with Crippen LogP contribution in [0.3, 0.4) is 0 Å². The number of fused-ring (bicyclic) bond motifs is 1. The number of aromatic nitrogens is 2. The number of benzene rings is 1. The zero-order valence-electron chi connectivity index (χ0n) is 9.76. The molecule has 0 amide bonds. The summed E-state index contributed by atoms with van der Waals surface area (Å²) in [6.45, 7) is -0.543. The minimum atomic E-state index is -1.43. The number of aliphatic hydroxyl groups excluding tert-OH is 1. The molecule has 2 aromatic rings. The average Bonchev–Trinajstić information content (AvgIpc) is 2.87. The molecule has 0 bridgehead atoms. The Labute approximate surface area is 121 Å². The zero-order chi connectivity index (χ0) is 14.7. The van der Waals surface area contributed by atoms with Gasteiger partial charge in [0.25, 0.3) is 0 Å². The van der Waals surface area contributed by atoms with E-state index in [-0.39, 0.29) is 16.7 Å². The number of carbonyl (C=O) groups is 1. The quantitative estimate of drug-likeness (QED) is 0.301. The molecule has 0 aliphatic rings. The summed E-state index contributed by atoms with van der Waals surface area (Å²) >= 11 is -1.43. The Balaban J connectivity index is 2.28. The van der Waals surface area contributed by atoms with Gasteiger partial charge in [-0.15, -0.1) is 0 Å². The van der Waals surface area contributed by atoms with Crippen LogP contribution >= 0.6 is 0 Å². The van der Waals surface area contributed by atoms with E-state index in [1.165, 1.54) is 12.1 Å². The third-order valence-corrected chi connectivity index (χ3v) is 5.37. The summed E-state index contributed by atoms with van der Waals surface area (Å²) in [5.74, 6) is -1.17. The van der Waals surface area contributed by atoms with Gasteiger partial charge in [0.1, 0.15) is 0 Å². The standard InChI is InChI=1S/C6H2N3O3.C3H6NO3.Sb/c10-9(11)5-3-1-2-4-6(5)8-12-7-4;4-2(1-5)3(6)7;/h1,3H;2,4-5H,1H2,(H,6,7);/q;-1;+1/t;2-;/m.0./s1. The summed E-state index contributed by atoms with van der Waals surface area (Å²) in [6, 6.07) is 1.69. The van der Waals surface area contributed by atoms with Crippen molar-refractivity contribution in [3.05, 3.63) is 22.2 Å². The summed E-state index contributed by atoms with van der Waals surface area (Å²) < 4.78 is 7.87. The van der Waals surface area contributed by atoms with Gasteiger partial charge in [0.05, 0.1) is 0 Å². The predicted molar refractivity (Wildman–Crippen MR) is 65.5 cm³/mol. The van der Waals surface area contributed by atoms with Crippen LogP contribution in [0.4, 0.5) is 5.69 Å². The molecule has 0 saturated heterocycles. The fraction of sp³-hybridized carbons (Fsp3) is 0.222. The van der Waals surface area contributed by atoms with Crippen molar-refractivity contribution >= 4 is 48.1 Å². The molecule has 1 aromatic heterocycles. The van der Waals surface area contributed by atoms with Crippen LogP contribution in [0.25, 0.3) is 11.0 Å². The third kappa shape index (κ3) is 2.87. The van der Waals surface area contributed by atoms with Crippen molar-refractivity contribution in [1.29, 1.82) is 0 Å². The van der Waals surface area contributed by atoms with Crippen LogP contribution in [0.5, 0.6) is 0 Å². The van der Waals surface area contributed by atoms with Crippen LogP contribution in [0.1, 0.15) is 0 Å². The van der Waals surface area contributed by atoms with Gasteiger partial charge >= 0.3 is 121 Å². The second-order valence-electron chi connectivity index (χ2n) is 3.64. The van der Waals surface area contributed by atoms with Gasteiger partial charge in [-0.25, -0.2) is 0 Å². The summed E-state index contributed by atoms with van der Waals surface area (Å²) in [5.41, 5.74) is 0.0457. The van der Waals surface area contributed by atoms with Crippen molar-refractivity contribution in [1.82, 2.24) is 13.8 Å². The van der Waals surface area contributed by atoms with E-state index in [4.69, 9.17) is 10.2 Å². The van der Waals surface area contributed by atoms with Crippen molar-refractivity contribution in [2.45, 2.75) is 6.04 Å². The van der Waals surface area contributed by atoms with Crippen molar-refractivity contribution in [2.75, 3.05) is 6.61 Å². The fourth-order valence-electron chi connectivity index (χ4n) is 1.40. The molecule has 0 aliphatic carbocycles. The summed E-state index contributed by atoms with van der Waals surface area (Å²) in [4.78, 5) is 21.0. The third-order valence-electron chi connectivity index (χ3n) is 2.39. The fourth-order valence-corrected chi connectivity index (χ4v) is 3.94. The van der Waals surface area contributed by atoms with Crippen molar-refractivity contribution in [3.63, 3.8) is 0 Å². The second kappa shape index (κ2) is 6.12. The number of nitrogens with zero attached hydrogens (tertiary/aromatic N) is 3. The summed E-state index contributed by atoms with van der Waals surface area (Å²) in [5, 5.41) is 35.6. The second-order valence-corrected chi connectivity index (χ2v) is 6.39. The number of hydrogen-bond donors (Lipinski definition) is 3. The molecule has 1 atom stereocenters. The van der Waals surface area contributed by atoms with Gasteiger partial charge in [0.2, 0.25) is 0 Å². The zero-order valence-corrected chi connectivity index (χ0v) is 12.3. The van der Waals surface area contributed by atoms with E-state index < -0.39 is 45.4 Å². The monoisotopic (exact) mass is 389 g/mol. The Morgan fingerprint density at radius 1 is 1.50 bits per heavy atom. The number of nitro groups is 1. The predicted octanol–water partition coefficient (Wildman–Crippen LogP) is -1.59. The first-order valence-corrected chi connectivity index (χ1v) is 7.79. The number of nitrogens with one attached hydrogen (secondary N) is 1. The Hall–Kier alpha value is -1.77. The molecule has 10 nitrogen and oxygen atoms in total. The number of aliphatic carboxylic acids is 1. The molecule has 11 heteroatoms. The molecule has 1 heterocycles. The topological polar surface area (TPSA) is 152 Å². The first kappa shape index (κ1) is 14.6. The van der Waals surface area contributed by atoms with E-state index in [0.29, 0.717) is 3.51 Å². The first-order chi connectivity index (χ1) is 9.54. The molecule has 1 radical (unpaired) electrons. The van der Waals surface area contributed by atoms with Crippen molar-refractivity contribution < 1.29 is 24.6 Å². The first-order valence-electron chi connectivity index (χ1n) is 5.24. The van der Waals surface area contributed by atoms with Gasteiger partial charge in [-0.3, -0.25) is 0 Å². The molecule has 0 fully saturated rings. The Bertz CT molecular complexity index is 659. The Morgan fingerprint density at radius 3 is 2.80 bits per heavy atom. The molecular weight excluding hydrogens is 382 g/mol. The number of carboxylic acids is 1. The van der Waals surface area contributed by atoms with Crippen LogP contribution in [-0.2, 0) is 4.79 Å².